The van der Waals surface area contributed by atoms with Gasteiger partial charge in [-0.05, 0) is 23.8 Å². The van der Waals surface area contributed by atoms with Crippen LogP contribution in [-0.2, 0) is 9.53 Å². The summed E-state index contributed by atoms with van der Waals surface area (Å²) in [6, 6.07) is 6.54. The Morgan fingerprint density at radius 3 is 2.62 bits per heavy atom. The van der Waals surface area contributed by atoms with Gasteiger partial charge in [-0.25, -0.2) is 4.79 Å². The van der Waals surface area contributed by atoms with E-state index in [1.54, 1.807) is 24.3 Å². The molecule has 0 atom stereocenters. The molecule has 0 spiro atoms. The van der Waals surface area contributed by atoms with Crippen molar-refractivity contribution in [3.8, 4) is 6.07 Å². The first kappa shape index (κ1) is 12.6. The zero-order chi connectivity index (χ0) is 12.1. The van der Waals surface area contributed by atoms with Crippen LogP contribution in [0.4, 0.5) is 0 Å². The Morgan fingerprint density at radius 1 is 1.44 bits per heavy atom. The SMILES string of the molecule is COC(=O)/C(C#N)=C/c1ccc(Cl)c(Cl)c1. The lowest BCUT2D eigenvalue weighted by molar-refractivity contribution is -0.135. The molecule has 1 rings (SSSR count). The van der Waals surface area contributed by atoms with Crippen molar-refractivity contribution in [1.29, 1.82) is 5.26 Å². The molecule has 3 nitrogen and oxygen atoms in total. The predicted octanol–water partition coefficient (Wildman–Crippen LogP) is 3.07. The van der Waals surface area contributed by atoms with E-state index < -0.39 is 5.97 Å². The molecule has 0 saturated heterocycles. The summed E-state index contributed by atoms with van der Waals surface area (Å²) in [5.41, 5.74) is 0.511. The van der Waals surface area contributed by atoms with E-state index >= 15 is 0 Å². The highest BCUT2D eigenvalue weighted by molar-refractivity contribution is 6.42. The standard InChI is InChI=1S/C11H7Cl2NO2/c1-16-11(15)8(6-14)4-7-2-3-9(12)10(13)5-7/h2-5H,1H3/b8-4+. The van der Waals surface area contributed by atoms with Crippen LogP contribution in [0, 0.1) is 11.3 Å². The largest absolute Gasteiger partial charge is 0.465 e. The summed E-state index contributed by atoms with van der Waals surface area (Å²) in [6.07, 6.45) is 1.38. The number of carbonyl (C=O) groups is 1. The van der Waals surface area contributed by atoms with Gasteiger partial charge in [-0.2, -0.15) is 5.26 Å². The lowest BCUT2D eigenvalue weighted by atomic mass is 10.1. The van der Waals surface area contributed by atoms with Crippen LogP contribution < -0.4 is 0 Å². The molecule has 82 valence electrons. The maximum Gasteiger partial charge on any atom is 0.348 e. The van der Waals surface area contributed by atoms with Gasteiger partial charge in [0.2, 0.25) is 0 Å². The molecule has 0 N–H and O–H groups in total. The van der Waals surface area contributed by atoms with Crippen molar-refractivity contribution in [2.45, 2.75) is 0 Å². The molecule has 0 unspecified atom stereocenters. The van der Waals surface area contributed by atoms with Gasteiger partial charge in [0.05, 0.1) is 17.2 Å². The Balaban J connectivity index is 3.10. The topological polar surface area (TPSA) is 50.1 Å². The van der Waals surface area contributed by atoms with Crippen molar-refractivity contribution in [3.63, 3.8) is 0 Å². The molecule has 0 saturated carbocycles. The van der Waals surface area contributed by atoms with Crippen LogP contribution in [0.5, 0.6) is 0 Å². The smallest absolute Gasteiger partial charge is 0.348 e. The molecule has 0 radical (unpaired) electrons. The number of methoxy groups -OCH3 is 1. The molecule has 0 aliphatic rings. The van der Waals surface area contributed by atoms with E-state index in [1.165, 1.54) is 13.2 Å². The van der Waals surface area contributed by atoms with Gasteiger partial charge < -0.3 is 4.74 Å². The van der Waals surface area contributed by atoms with Crippen molar-refractivity contribution in [3.05, 3.63) is 39.4 Å². The van der Waals surface area contributed by atoms with Gasteiger partial charge in [-0.1, -0.05) is 29.3 Å². The normalized spacial score (nSPS) is 10.8. The van der Waals surface area contributed by atoms with Crippen molar-refractivity contribution < 1.29 is 9.53 Å². The zero-order valence-electron chi connectivity index (χ0n) is 8.33. The van der Waals surface area contributed by atoms with E-state index in [1.807, 2.05) is 0 Å². The summed E-state index contributed by atoms with van der Waals surface area (Å²) in [4.78, 5) is 11.1. The molecule has 0 amide bonds. The molecule has 0 aliphatic heterocycles. The number of nitriles is 1. The van der Waals surface area contributed by atoms with Crippen molar-refractivity contribution in [2.75, 3.05) is 7.11 Å². The van der Waals surface area contributed by atoms with Crippen molar-refractivity contribution in [1.82, 2.24) is 0 Å². The quantitative estimate of drug-likeness (QED) is 0.464. The van der Waals surface area contributed by atoms with Gasteiger partial charge in [0.25, 0.3) is 0 Å². The highest BCUT2D eigenvalue weighted by Gasteiger charge is 2.08. The lowest BCUT2D eigenvalue weighted by Crippen LogP contribution is -2.02. The molecule has 0 bridgehead atoms. The van der Waals surface area contributed by atoms with Gasteiger partial charge in [-0.15, -0.1) is 0 Å². The Bertz CT molecular complexity index is 489. The average Bonchev–Trinajstić information content (AvgIpc) is 2.29. The van der Waals surface area contributed by atoms with Crippen LogP contribution in [-0.4, -0.2) is 13.1 Å². The molecule has 16 heavy (non-hydrogen) atoms. The number of nitrogens with zero attached hydrogens (tertiary/aromatic N) is 1. The summed E-state index contributed by atoms with van der Waals surface area (Å²) < 4.78 is 4.44. The van der Waals surface area contributed by atoms with Gasteiger partial charge in [0.1, 0.15) is 11.6 Å². The average molecular weight is 256 g/mol. The predicted molar refractivity (Wildman–Crippen MR) is 62.1 cm³/mol. The number of hydrogen-bond acceptors (Lipinski definition) is 3. The maximum absolute atomic E-state index is 11.1. The number of carbonyl (C=O) groups excluding carboxylic acids is 1. The third kappa shape index (κ3) is 2.99. The van der Waals surface area contributed by atoms with Crippen LogP contribution in [0.1, 0.15) is 5.56 Å². The Morgan fingerprint density at radius 2 is 2.12 bits per heavy atom. The highest BCUT2D eigenvalue weighted by Crippen LogP contribution is 2.23. The maximum atomic E-state index is 11.1. The van der Waals surface area contributed by atoms with E-state index in [2.05, 4.69) is 4.74 Å². The first-order chi connectivity index (χ1) is 7.58. The number of esters is 1. The molecule has 0 fully saturated rings. The molecule has 0 aliphatic carbocycles. The fourth-order valence-corrected chi connectivity index (χ4v) is 1.32. The van der Waals surface area contributed by atoms with Crippen LogP contribution in [0.3, 0.4) is 0 Å². The molecule has 0 aromatic heterocycles. The zero-order valence-corrected chi connectivity index (χ0v) is 9.84. The van der Waals surface area contributed by atoms with E-state index in [0.717, 1.165) is 0 Å². The minimum absolute atomic E-state index is 0.0964. The number of rotatable bonds is 2. The highest BCUT2D eigenvalue weighted by atomic mass is 35.5. The summed E-state index contributed by atoms with van der Waals surface area (Å²) in [7, 11) is 1.21. The Kier molecular flexibility index (Phi) is 4.36. The van der Waals surface area contributed by atoms with Gasteiger partial charge in [-0.3, -0.25) is 0 Å². The fourth-order valence-electron chi connectivity index (χ4n) is 1.02. The Hall–Kier alpha value is -1.50. The molecular weight excluding hydrogens is 249 g/mol. The third-order valence-electron chi connectivity index (χ3n) is 1.78. The third-order valence-corrected chi connectivity index (χ3v) is 2.52. The second-order valence-electron chi connectivity index (χ2n) is 2.83. The summed E-state index contributed by atoms with van der Waals surface area (Å²) in [5, 5.41) is 9.51. The van der Waals surface area contributed by atoms with Gasteiger partial charge in [0, 0.05) is 0 Å². The number of hydrogen-bond donors (Lipinski definition) is 0. The summed E-state index contributed by atoms with van der Waals surface area (Å²) in [5.74, 6) is -0.687. The summed E-state index contributed by atoms with van der Waals surface area (Å²) >= 11 is 11.5. The monoisotopic (exact) mass is 255 g/mol. The minimum Gasteiger partial charge on any atom is -0.465 e. The van der Waals surface area contributed by atoms with Gasteiger partial charge in [0.15, 0.2) is 0 Å². The summed E-state index contributed by atoms with van der Waals surface area (Å²) in [6.45, 7) is 0. The second-order valence-corrected chi connectivity index (χ2v) is 3.65. The van der Waals surface area contributed by atoms with Crippen LogP contribution >= 0.6 is 23.2 Å². The van der Waals surface area contributed by atoms with E-state index in [9.17, 15) is 4.79 Å². The van der Waals surface area contributed by atoms with Crippen molar-refractivity contribution in [2.24, 2.45) is 0 Å². The first-order valence-corrected chi connectivity index (χ1v) is 4.99. The second kappa shape index (κ2) is 5.55. The molecule has 0 heterocycles. The fraction of sp³-hybridized carbons (Fsp3) is 0.0909. The first-order valence-electron chi connectivity index (χ1n) is 4.23. The molecule has 5 heteroatoms. The number of benzene rings is 1. The van der Waals surface area contributed by atoms with Crippen LogP contribution in [0.25, 0.3) is 6.08 Å². The van der Waals surface area contributed by atoms with E-state index in [0.29, 0.717) is 15.6 Å². The van der Waals surface area contributed by atoms with Crippen molar-refractivity contribution >= 4 is 35.2 Å². The van der Waals surface area contributed by atoms with E-state index in [-0.39, 0.29) is 5.57 Å². The Labute approximate surface area is 103 Å². The molecule has 1 aromatic rings. The molecule has 1 aromatic carbocycles. The van der Waals surface area contributed by atoms with E-state index in [4.69, 9.17) is 28.5 Å². The number of ether oxygens (including phenoxy) is 1. The number of halogens is 2. The van der Waals surface area contributed by atoms with Crippen LogP contribution in [0.2, 0.25) is 10.0 Å². The minimum atomic E-state index is -0.687. The lowest BCUT2D eigenvalue weighted by Gasteiger charge is -1.99. The van der Waals surface area contributed by atoms with Crippen LogP contribution in [0.15, 0.2) is 23.8 Å². The molecular formula is C11H7Cl2NO2. The van der Waals surface area contributed by atoms with Gasteiger partial charge >= 0.3 is 5.97 Å².